The highest BCUT2D eigenvalue weighted by atomic mass is 16.3. The van der Waals surface area contributed by atoms with E-state index in [0.29, 0.717) is 12.1 Å². The van der Waals surface area contributed by atoms with E-state index in [1.807, 2.05) is 13.8 Å². The Kier molecular flexibility index (Phi) is 3.71. The maximum absolute atomic E-state index is 9.63. The Morgan fingerprint density at radius 1 is 1.23 bits per heavy atom. The molecule has 0 saturated carbocycles. The Labute approximate surface area is 80.9 Å². The first-order chi connectivity index (χ1) is 6.01. The fraction of sp³-hybridized carbons (Fsp3) is 1.00. The molecule has 0 bridgehead atoms. The van der Waals surface area contributed by atoms with Gasteiger partial charge >= 0.3 is 0 Å². The summed E-state index contributed by atoms with van der Waals surface area (Å²) in [6.45, 7) is 7.91. The zero-order valence-electron chi connectivity index (χ0n) is 8.93. The Hall–Kier alpha value is -0.120. The lowest BCUT2D eigenvalue weighted by atomic mass is 9.97. The first-order valence-corrected chi connectivity index (χ1v) is 5.20. The molecule has 1 fully saturated rings. The van der Waals surface area contributed by atoms with E-state index in [4.69, 9.17) is 0 Å². The van der Waals surface area contributed by atoms with Crippen molar-refractivity contribution in [1.29, 1.82) is 0 Å². The predicted octanol–water partition coefficient (Wildman–Crippen LogP) is 0.487. The minimum Gasteiger partial charge on any atom is -0.390 e. The van der Waals surface area contributed by atoms with Gasteiger partial charge in [-0.05, 0) is 26.7 Å². The van der Waals surface area contributed by atoms with Crippen LogP contribution >= 0.6 is 0 Å². The molecular formula is C10H22N2O. The topological polar surface area (TPSA) is 44.3 Å². The highest BCUT2D eigenvalue weighted by Crippen LogP contribution is 2.12. The van der Waals surface area contributed by atoms with Crippen LogP contribution in [0, 0.1) is 0 Å². The van der Waals surface area contributed by atoms with E-state index in [-0.39, 0.29) is 0 Å². The van der Waals surface area contributed by atoms with Crippen molar-refractivity contribution >= 4 is 0 Å². The molecule has 0 aromatic rings. The highest BCUT2D eigenvalue weighted by molar-refractivity contribution is 4.85. The Morgan fingerprint density at radius 2 is 1.77 bits per heavy atom. The van der Waals surface area contributed by atoms with E-state index in [1.165, 1.54) is 6.42 Å². The predicted molar refractivity (Wildman–Crippen MR) is 54.8 cm³/mol. The average Bonchev–Trinajstić information content (AvgIpc) is 2.03. The van der Waals surface area contributed by atoms with E-state index in [2.05, 4.69) is 17.6 Å². The largest absolute Gasteiger partial charge is 0.390 e. The second-order valence-corrected chi connectivity index (χ2v) is 4.64. The number of hydrogen-bond acceptors (Lipinski definition) is 3. The van der Waals surface area contributed by atoms with Gasteiger partial charge in [0, 0.05) is 25.2 Å². The maximum Gasteiger partial charge on any atom is 0.0607 e. The van der Waals surface area contributed by atoms with Gasteiger partial charge in [0.15, 0.2) is 0 Å². The molecule has 13 heavy (non-hydrogen) atoms. The van der Waals surface area contributed by atoms with Gasteiger partial charge in [0.05, 0.1) is 5.60 Å². The van der Waals surface area contributed by atoms with Crippen molar-refractivity contribution in [3.63, 3.8) is 0 Å². The molecule has 2 unspecified atom stereocenters. The third-order valence-corrected chi connectivity index (χ3v) is 2.54. The third-order valence-electron chi connectivity index (χ3n) is 2.54. The monoisotopic (exact) mass is 186 g/mol. The molecule has 0 aliphatic carbocycles. The van der Waals surface area contributed by atoms with Crippen molar-refractivity contribution < 1.29 is 5.11 Å². The fourth-order valence-electron chi connectivity index (χ4n) is 1.80. The average molecular weight is 186 g/mol. The smallest absolute Gasteiger partial charge is 0.0607 e. The molecular weight excluding hydrogens is 164 g/mol. The first kappa shape index (κ1) is 11.0. The second kappa shape index (κ2) is 4.40. The van der Waals surface area contributed by atoms with Crippen LogP contribution in [-0.4, -0.2) is 35.9 Å². The number of rotatable bonds is 3. The summed E-state index contributed by atoms with van der Waals surface area (Å²) in [5.41, 5.74) is -0.557. The van der Waals surface area contributed by atoms with Gasteiger partial charge in [-0.1, -0.05) is 6.92 Å². The van der Waals surface area contributed by atoms with Gasteiger partial charge in [-0.25, -0.2) is 0 Å². The fourth-order valence-corrected chi connectivity index (χ4v) is 1.80. The molecule has 3 nitrogen and oxygen atoms in total. The molecule has 0 radical (unpaired) electrons. The lowest BCUT2D eigenvalue weighted by Crippen LogP contribution is -2.55. The molecule has 0 spiro atoms. The number of nitrogens with one attached hydrogen (secondary N) is 2. The van der Waals surface area contributed by atoms with Gasteiger partial charge in [0.1, 0.15) is 0 Å². The van der Waals surface area contributed by atoms with Gasteiger partial charge in [-0.3, -0.25) is 0 Å². The molecule has 0 amide bonds. The van der Waals surface area contributed by atoms with Crippen molar-refractivity contribution in [2.75, 3.05) is 13.1 Å². The quantitative estimate of drug-likeness (QED) is 0.601. The van der Waals surface area contributed by atoms with Crippen LogP contribution < -0.4 is 10.6 Å². The standard InChI is InChI=1S/C10H22N2O/c1-4-8-6-12-9(7-11-8)5-10(2,3)13/h8-9,11-13H,4-7H2,1-3H3. The number of piperazine rings is 1. The second-order valence-electron chi connectivity index (χ2n) is 4.64. The van der Waals surface area contributed by atoms with Crippen LogP contribution in [0.4, 0.5) is 0 Å². The molecule has 3 N–H and O–H groups in total. The summed E-state index contributed by atoms with van der Waals surface area (Å²) < 4.78 is 0. The molecule has 1 saturated heterocycles. The molecule has 1 aliphatic rings. The minimum atomic E-state index is -0.557. The molecule has 78 valence electrons. The zero-order valence-corrected chi connectivity index (χ0v) is 8.93. The maximum atomic E-state index is 9.63. The van der Waals surface area contributed by atoms with Crippen LogP contribution in [0.5, 0.6) is 0 Å². The summed E-state index contributed by atoms with van der Waals surface area (Å²) >= 11 is 0. The summed E-state index contributed by atoms with van der Waals surface area (Å²) in [6, 6.07) is 1.03. The van der Waals surface area contributed by atoms with Crippen LogP contribution in [0.1, 0.15) is 33.6 Å². The molecule has 3 heteroatoms. The van der Waals surface area contributed by atoms with Crippen molar-refractivity contribution in [2.45, 2.75) is 51.3 Å². The molecule has 0 aromatic heterocycles. The van der Waals surface area contributed by atoms with Crippen molar-refractivity contribution in [3.05, 3.63) is 0 Å². The number of aliphatic hydroxyl groups is 1. The van der Waals surface area contributed by atoms with Crippen LogP contribution in [0.25, 0.3) is 0 Å². The van der Waals surface area contributed by atoms with E-state index in [9.17, 15) is 5.11 Å². The molecule has 2 atom stereocenters. The van der Waals surface area contributed by atoms with E-state index < -0.39 is 5.60 Å². The lowest BCUT2D eigenvalue weighted by molar-refractivity contribution is 0.0555. The van der Waals surface area contributed by atoms with E-state index >= 15 is 0 Å². The lowest BCUT2D eigenvalue weighted by Gasteiger charge is -2.33. The van der Waals surface area contributed by atoms with Crippen LogP contribution in [-0.2, 0) is 0 Å². The Morgan fingerprint density at radius 3 is 2.15 bits per heavy atom. The van der Waals surface area contributed by atoms with Gasteiger partial charge < -0.3 is 15.7 Å². The number of hydrogen-bond donors (Lipinski definition) is 3. The van der Waals surface area contributed by atoms with E-state index in [1.54, 1.807) is 0 Å². The Bertz CT molecular complexity index is 145. The summed E-state index contributed by atoms with van der Waals surface area (Å²) in [7, 11) is 0. The van der Waals surface area contributed by atoms with Crippen LogP contribution in [0.3, 0.4) is 0 Å². The van der Waals surface area contributed by atoms with Gasteiger partial charge in [-0.2, -0.15) is 0 Å². The molecule has 1 aliphatic heterocycles. The van der Waals surface area contributed by atoms with Gasteiger partial charge in [0.25, 0.3) is 0 Å². The highest BCUT2D eigenvalue weighted by Gasteiger charge is 2.24. The minimum absolute atomic E-state index is 0.419. The van der Waals surface area contributed by atoms with Crippen molar-refractivity contribution in [2.24, 2.45) is 0 Å². The van der Waals surface area contributed by atoms with Crippen LogP contribution in [0.2, 0.25) is 0 Å². The SMILES string of the molecule is CCC1CNC(CC(C)(C)O)CN1. The summed E-state index contributed by atoms with van der Waals surface area (Å²) in [6.07, 6.45) is 1.98. The van der Waals surface area contributed by atoms with Gasteiger partial charge in [-0.15, -0.1) is 0 Å². The summed E-state index contributed by atoms with van der Waals surface area (Å²) in [5.74, 6) is 0. The van der Waals surface area contributed by atoms with Crippen molar-refractivity contribution in [3.8, 4) is 0 Å². The molecule has 0 aromatic carbocycles. The van der Waals surface area contributed by atoms with Crippen LogP contribution in [0.15, 0.2) is 0 Å². The van der Waals surface area contributed by atoms with Crippen molar-refractivity contribution in [1.82, 2.24) is 10.6 Å². The molecule has 1 rings (SSSR count). The van der Waals surface area contributed by atoms with E-state index in [0.717, 1.165) is 19.5 Å². The first-order valence-electron chi connectivity index (χ1n) is 5.20. The third kappa shape index (κ3) is 4.07. The Balaban J connectivity index is 2.25. The van der Waals surface area contributed by atoms with Gasteiger partial charge in [0.2, 0.25) is 0 Å². The summed E-state index contributed by atoms with van der Waals surface area (Å²) in [5, 5.41) is 16.5. The summed E-state index contributed by atoms with van der Waals surface area (Å²) in [4.78, 5) is 0. The molecule has 1 heterocycles. The zero-order chi connectivity index (χ0) is 9.90. The normalized spacial score (nSPS) is 30.5.